The van der Waals surface area contributed by atoms with Crippen molar-refractivity contribution in [3.05, 3.63) is 47.8 Å². The predicted molar refractivity (Wildman–Crippen MR) is 73.5 cm³/mol. The van der Waals surface area contributed by atoms with Gasteiger partial charge in [-0.2, -0.15) is 13.2 Å². The average Bonchev–Trinajstić information content (AvgIpc) is 2.47. The van der Waals surface area contributed by atoms with E-state index in [0.717, 1.165) is 17.8 Å². The maximum absolute atomic E-state index is 12.7. The summed E-state index contributed by atoms with van der Waals surface area (Å²) in [6.07, 6.45) is -2.22. The van der Waals surface area contributed by atoms with Crippen molar-refractivity contribution >= 4 is 11.6 Å². The molecule has 0 fully saturated rings. The number of anilines is 2. The van der Waals surface area contributed by atoms with E-state index in [-0.39, 0.29) is 11.6 Å². The van der Waals surface area contributed by atoms with Crippen molar-refractivity contribution in [3.8, 4) is 0 Å². The SMILES string of the molecule is NNc1cc(C(F)(F)F)cc(NCCc2ccccn2)n1. The molecular weight excluding hydrogens is 283 g/mol. The van der Waals surface area contributed by atoms with E-state index in [9.17, 15) is 13.2 Å². The molecule has 2 heterocycles. The van der Waals surface area contributed by atoms with Gasteiger partial charge in [-0.25, -0.2) is 10.8 Å². The third-order valence-corrected chi connectivity index (χ3v) is 2.71. The van der Waals surface area contributed by atoms with Crippen LogP contribution < -0.4 is 16.6 Å². The normalized spacial score (nSPS) is 11.2. The Bertz CT molecular complexity index is 586. The Morgan fingerprint density at radius 3 is 2.52 bits per heavy atom. The van der Waals surface area contributed by atoms with Crippen molar-refractivity contribution in [1.82, 2.24) is 9.97 Å². The molecule has 8 heteroatoms. The monoisotopic (exact) mass is 297 g/mol. The summed E-state index contributed by atoms with van der Waals surface area (Å²) >= 11 is 0. The second-order valence-electron chi connectivity index (χ2n) is 4.27. The van der Waals surface area contributed by atoms with Gasteiger partial charge in [0.05, 0.1) is 5.56 Å². The smallest absolute Gasteiger partial charge is 0.370 e. The highest BCUT2D eigenvalue weighted by Gasteiger charge is 2.31. The van der Waals surface area contributed by atoms with Gasteiger partial charge in [-0.05, 0) is 24.3 Å². The molecule has 0 atom stereocenters. The second kappa shape index (κ2) is 6.40. The Balaban J connectivity index is 2.05. The van der Waals surface area contributed by atoms with Crippen LogP contribution in [0.3, 0.4) is 0 Å². The van der Waals surface area contributed by atoms with Gasteiger partial charge in [0.2, 0.25) is 0 Å². The molecule has 0 spiro atoms. The molecule has 2 aromatic heterocycles. The van der Waals surface area contributed by atoms with Crippen LogP contribution in [0.4, 0.5) is 24.8 Å². The lowest BCUT2D eigenvalue weighted by Gasteiger charge is -2.12. The molecule has 21 heavy (non-hydrogen) atoms. The first-order chi connectivity index (χ1) is 9.99. The lowest BCUT2D eigenvalue weighted by Crippen LogP contribution is -2.14. The van der Waals surface area contributed by atoms with Crippen LogP contribution in [-0.4, -0.2) is 16.5 Å². The van der Waals surface area contributed by atoms with Gasteiger partial charge in [-0.1, -0.05) is 6.07 Å². The van der Waals surface area contributed by atoms with Crippen LogP contribution in [0.25, 0.3) is 0 Å². The Hall–Kier alpha value is -2.35. The summed E-state index contributed by atoms with van der Waals surface area (Å²) in [5.41, 5.74) is 2.15. The minimum atomic E-state index is -4.45. The molecule has 0 unspecified atom stereocenters. The van der Waals surface area contributed by atoms with E-state index in [1.54, 1.807) is 12.3 Å². The molecule has 0 bridgehead atoms. The minimum Gasteiger partial charge on any atom is -0.370 e. The molecule has 4 N–H and O–H groups in total. The Labute approximate surface area is 119 Å². The highest BCUT2D eigenvalue weighted by atomic mass is 19.4. The molecule has 0 saturated heterocycles. The first kappa shape index (κ1) is 15.0. The van der Waals surface area contributed by atoms with Gasteiger partial charge >= 0.3 is 6.18 Å². The van der Waals surface area contributed by atoms with Gasteiger partial charge in [-0.15, -0.1) is 0 Å². The Morgan fingerprint density at radius 1 is 1.14 bits per heavy atom. The van der Waals surface area contributed by atoms with Crippen LogP contribution >= 0.6 is 0 Å². The molecule has 0 amide bonds. The number of nitrogens with zero attached hydrogens (tertiary/aromatic N) is 2. The van der Waals surface area contributed by atoms with Crippen LogP contribution in [0, 0.1) is 0 Å². The van der Waals surface area contributed by atoms with Gasteiger partial charge < -0.3 is 10.7 Å². The quantitative estimate of drug-likeness (QED) is 0.584. The zero-order valence-electron chi connectivity index (χ0n) is 11.0. The van der Waals surface area contributed by atoms with Crippen molar-refractivity contribution in [3.63, 3.8) is 0 Å². The maximum Gasteiger partial charge on any atom is 0.416 e. The lowest BCUT2D eigenvalue weighted by atomic mass is 10.2. The number of pyridine rings is 2. The van der Waals surface area contributed by atoms with Crippen molar-refractivity contribution < 1.29 is 13.2 Å². The molecule has 0 saturated carbocycles. The van der Waals surface area contributed by atoms with Gasteiger partial charge in [0.1, 0.15) is 11.6 Å². The largest absolute Gasteiger partial charge is 0.416 e. The number of nitrogen functional groups attached to an aromatic ring is 1. The molecule has 0 aliphatic heterocycles. The Morgan fingerprint density at radius 2 is 1.90 bits per heavy atom. The van der Waals surface area contributed by atoms with Crippen LogP contribution in [0.15, 0.2) is 36.5 Å². The molecule has 5 nitrogen and oxygen atoms in total. The number of aromatic nitrogens is 2. The Kier molecular flexibility index (Phi) is 4.59. The predicted octanol–water partition coefficient (Wildman–Crippen LogP) is 2.44. The molecular formula is C13H14F3N5. The first-order valence-electron chi connectivity index (χ1n) is 6.19. The first-order valence-corrected chi connectivity index (χ1v) is 6.19. The number of alkyl halides is 3. The summed E-state index contributed by atoms with van der Waals surface area (Å²) in [6, 6.07) is 7.28. The van der Waals surface area contributed by atoms with Crippen molar-refractivity contribution in [2.45, 2.75) is 12.6 Å². The molecule has 0 aliphatic carbocycles. The van der Waals surface area contributed by atoms with E-state index in [2.05, 4.69) is 20.7 Å². The van der Waals surface area contributed by atoms with E-state index in [0.29, 0.717) is 13.0 Å². The number of nitrogens with two attached hydrogens (primary N) is 1. The van der Waals surface area contributed by atoms with Crippen LogP contribution in [0.1, 0.15) is 11.3 Å². The van der Waals surface area contributed by atoms with Gasteiger partial charge in [0, 0.05) is 24.9 Å². The number of rotatable bonds is 5. The fourth-order valence-corrected chi connectivity index (χ4v) is 1.72. The standard InChI is InChI=1S/C13H14F3N5/c14-13(15,16)9-7-11(20-12(8-9)21-17)19-6-4-10-3-1-2-5-18-10/h1-3,5,7-8H,4,6,17H2,(H2,19,20,21). The molecule has 2 aromatic rings. The number of nitrogens with one attached hydrogen (secondary N) is 2. The summed E-state index contributed by atoms with van der Waals surface area (Å²) < 4.78 is 38.2. The van der Waals surface area contributed by atoms with E-state index >= 15 is 0 Å². The van der Waals surface area contributed by atoms with Crippen molar-refractivity contribution in [2.24, 2.45) is 5.84 Å². The molecule has 112 valence electrons. The summed E-state index contributed by atoms with van der Waals surface area (Å²) in [6.45, 7) is 0.412. The van der Waals surface area contributed by atoms with Crippen LogP contribution in [0.5, 0.6) is 0 Å². The van der Waals surface area contributed by atoms with E-state index in [1.165, 1.54) is 0 Å². The highest BCUT2D eigenvalue weighted by Crippen LogP contribution is 2.31. The summed E-state index contributed by atoms with van der Waals surface area (Å²) in [5.74, 6) is 5.19. The van der Waals surface area contributed by atoms with E-state index in [4.69, 9.17) is 5.84 Å². The van der Waals surface area contributed by atoms with E-state index in [1.807, 2.05) is 12.1 Å². The van der Waals surface area contributed by atoms with Gasteiger partial charge in [0.15, 0.2) is 0 Å². The second-order valence-corrected chi connectivity index (χ2v) is 4.27. The summed E-state index contributed by atoms with van der Waals surface area (Å²) in [7, 11) is 0. The summed E-state index contributed by atoms with van der Waals surface area (Å²) in [5, 5.41) is 2.83. The lowest BCUT2D eigenvalue weighted by molar-refractivity contribution is -0.137. The zero-order valence-corrected chi connectivity index (χ0v) is 11.0. The highest BCUT2D eigenvalue weighted by molar-refractivity contribution is 5.49. The molecule has 0 radical (unpaired) electrons. The fraction of sp³-hybridized carbons (Fsp3) is 0.231. The number of hydrogen-bond acceptors (Lipinski definition) is 5. The third-order valence-electron chi connectivity index (χ3n) is 2.71. The van der Waals surface area contributed by atoms with Crippen molar-refractivity contribution in [1.29, 1.82) is 0 Å². The van der Waals surface area contributed by atoms with Crippen molar-refractivity contribution in [2.75, 3.05) is 17.3 Å². The topological polar surface area (TPSA) is 75.9 Å². The van der Waals surface area contributed by atoms with Crippen LogP contribution in [0.2, 0.25) is 0 Å². The minimum absolute atomic E-state index is 0.0508. The van der Waals surface area contributed by atoms with Crippen LogP contribution in [-0.2, 0) is 12.6 Å². The molecule has 0 aliphatic rings. The van der Waals surface area contributed by atoms with Gasteiger partial charge in [0.25, 0.3) is 0 Å². The maximum atomic E-state index is 12.7. The average molecular weight is 297 g/mol. The number of hydrazine groups is 1. The number of halogens is 3. The van der Waals surface area contributed by atoms with E-state index < -0.39 is 11.7 Å². The fourth-order valence-electron chi connectivity index (χ4n) is 1.72. The zero-order chi connectivity index (χ0) is 15.3. The number of hydrogen-bond donors (Lipinski definition) is 3. The third kappa shape index (κ3) is 4.32. The van der Waals surface area contributed by atoms with Gasteiger partial charge in [-0.3, -0.25) is 4.98 Å². The molecule has 2 rings (SSSR count). The summed E-state index contributed by atoms with van der Waals surface area (Å²) in [4.78, 5) is 8.06. The molecule has 0 aromatic carbocycles.